The zero-order chi connectivity index (χ0) is 10.4. The SMILES string of the molecule is C=C(F)C[C@@H](O)CCc1ccccc1. The third-order valence-corrected chi connectivity index (χ3v) is 2.07. The summed E-state index contributed by atoms with van der Waals surface area (Å²) in [6, 6.07) is 9.85. The number of aryl methyl sites for hydroxylation is 1. The van der Waals surface area contributed by atoms with E-state index in [0.29, 0.717) is 6.42 Å². The largest absolute Gasteiger partial charge is 0.393 e. The van der Waals surface area contributed by atoms with E-state index < -0.39 is 11.9 Å². The first-order valence-electron chi connectivity index (χ1n) is 4.74. The average molecular weight is 194 g/mol. The Hall–Kier alpha value is -1.15. The number of hydrogen-bond donors (Lipinski definition) is 1. The molecule has 0 spiro atoms. The van der Waals surface area contributed by atoms with Gasteiger partial charge in [-0.3, -0.25) is 0 Å². The van der Waals surface area contributed by atoms with Gasteiger partial charge in [0.25, 0.3) is 0 Å². The lowest BCUT2D eigenvalue weighted by Crippen LogP contribution is -2.07. The Labute approximate surface area is 83.9 Å². The molecule has 0 unspecified atom stereocenters. The molecular weight excluding hydrogens is 179 g/mol. The molecule has 0 aromatic heterocycles. The second kappa shape index (κ2) is 5.55. The highest BCUT2D eigenvalue weighted by Crippen LogP contribution is 2.11. The summed E-state index contributed by atoms with van der Waals surface area (Å²) in [5.74, 6) is -0.453. The Bertz CT molecular complexity index is 282. The third kappa shape index (κ3) is 4.19. The standard InChI is InChI=1S/C12H15FO/c1-10(13)9-12(14)8-7-11-5-3-2-4-6-11/h2-6,12,14H,1,7-9H2/t12-/m0/s1. The van der Waals surface area contributed by atoms with E-state index in [2.05, 4.69) is 6.58 Å². The first kappa shape index (κ1) is 10.9. The van der Waals surface area contributed by atoms with Gasteiger partial charge >= 0.3 is 0 Å². The van der Waals surface area contributed by atoms with Crippen molar-refractivity contribution >= 4 is 0 Å². The first-order valence-corrected chi connectivity index (χ1v) is 4.74. The van der Waals surface area contributed by atoms with Crippen molar-refractivity contribution in [2.75, 3.05) is 0 Å². The molecule has 2 heteroatoms. The molecule has 1 rings (SSSR count). The average Bonchev–Trinajstić information content (AvgIpc) is 2.15. The predicted molar refractivity (Wildman–Crippen MR) is 55.6 cm³/mol. The summed E-state index contributed by atoms with van der Waals surface area (Å²) in [7, 11) is 0. The summed E-state index contributed by atoms with van der Waals surface area (Å²) in [6.07, 6.45) is 0.780. The topological polar surface area (TPSA) is 20.2 Å². The second-order valence-corrected chi connectivity index (χ2v) is 3.40. The normalized spacial score (nSPS) is 12.4. The van der Waals surface area contributed by atoms with Crippen LogP contribution >= 0.6 is 0 Å². The van der Waals surface area contributed by atoms with Crippen LogP contribution in [0, 0.1) is 0 Å². The number of halogens is 1. The molecule has 0 aliphatic rings. The maximum Gasteiger partial charge on any atom is 0.0953 e. The molecule has 1 N–H and O–H groups in total. The van der Waals surface area contributed by atoms with Gasteiger partial charge in [-0.2, -0.15) is 0 Å². The fourth-order valence-electron chi connectivity index (χ4n) is 1.34. The molecule has 0 radical (unpaired) electrons. The van der Waals surface area contributed by atoms with E-state index in [-0.39, 0.29) is 6.42 Å². The minimum atomic E-state index is -0.618. The molecule has 14 heavy (non-hydrogen) atoms. The van der Waals surface area contributed by atoms with Crippen LogP contribution in [0.3, 0.4) is 0 Å². The molecule has 1 aromatic rings. The zero-order valence-corrected chi connectivity index (χ0v) is 8.12. The summed E-state index contributed by atoms with van der Waals surface area (Å²) < 4.78 is 12.3. The van der Waals surface area contributed by atoms with Gasteiger partial charge in [-0.15, -0.1) is 0 Å². The fraction of sp³-hybridized carbons (Fsp3) is 0.333. The number of hydrogen-bond acceptors (Lipinski definition) is 1. The Balaban J connectivity index is 2.30. The molecule has 0 aliphatic heterocycles. The van der Waals surface area contributed by atoms with Crippen LogP contribution in [0.15, 0.2) is 42.7 Å². The summed E-state index contributed by atoms with van der Waals surface area (Å²) in [4.78, 5) is 0. The quantitative estimate of drug-likeness (QED) is 0.764. The lowest BCUT2D eigenvalue weighted by Gasteiger charge is -2.08. The number of benzene rings is 1. The van der Waals surface area contributed by atoms with Crippen LogP contribution in [0.1, 0.15) is 18.4 Å². The molecule has 1 atom stereocenters. The highest BCUT2D eigenvalue weighted by molar-refractivity contribution is 5.14. The number of rotatable bonds is 5. The molecule has 0 aliphatic carbocycles. The lowest BCUT2D eigenvalue weighted by atomic mass is 10.1. The van der Waals surface area contributed by atoms with E-state index in [1.165, 1.54) is 0 Å². The van der Waals surface area contributed by atoms with Gasteiger partial charge in [0.1, 0.15) is 0 Å². The molecule has 0 heterocycles. The molecular formula is C12H15FO. The van der Waals surface area contributed by atoms with Gasteiger partial charge in [0.2, 0.25) is 0 Å². The summed E-state index contributed by atoms with van der Waals surface area (Å²) in [5, 5.41) is 9.38. The Morgan fingerprint density at radius 2 is 2.00 bits per heavy atom. The molecule has 1 nitrogen and oxygen atoms in total. The number of aliphatic hydroxyl groups is 1. The van der Waals surface area contributed by atoms with Crippen LogP contribution in [0.4, 0.5) is 4.39 Å². The highest BCUT2D eigenvalue weighted by Gasteiger charge is 2.05. The Morgan fingerprint density at radius 1 is 1.36 bits per heavy atom. The maximum absolute atomic E-state index is 12.3. The van der Waals surface area contributed by atoms with Gasteiger partial charge < -0.3 is 5.11 Å². The van der Waals surface area contributed by atoms with Crippen molar-refractivity contribution in [1.82, 2.24) is 0 Å². The van der Waals surface area contributed by atoms with E-state index in [9.17, 15) is 9.50 Å². The van der Waals surface area contributed by atoms with Gasteiger partial charge in [0, 0.05) is 6.42 Å². The van der Waals surface area contributed by atoms with E-state index in [4.69, 9.17) is 0 Å². The Morgan fingerprint density at radius 3 is 2.57 bits per heavy atom. The summed E-state index contributed by atoms with van der Waals surface area (Å²) in [5.41, 5.74) is 1.16. The molecule has 0 amide bonds. The van der Waals surface area contributed by atoms with Gasteiger partial charge in [0.15, 0.2) is 0 Å². The molecule has 1 aromatic carbocycles. The van der Waals surface area contributed by atoms with Crippen LogP contribution in [-0.4, -0.2) is 11.2 Å². The van der Waals surface area contributed by atoms with Crippen molar-refractivity contribution in [3.63, 3.8) is 0 Å². The second-order valence-electron chi connectivity index (χ2n) is 3.40. The van der Waals surface area contributed by atoms with Crippen LogP contribution in [0.5, 0.6) is 0 Å². The zero-order valence-electron chi connectivity index (χ0n) is 8.12. The van der Waals surface area contributed by atoms with E-state index >= 15 is 0 Å². The van der Waals surface area contributed by atoms with Crippen molar-refractivity contribution in [2.24, 2.45) is 0 Å². The summed E-state index contributed by atoms with van der Waals surface area (Å²) >= 11 is 0. The van der Waals surface area contributed by atoms with E-state index in [1.807, 2.05) is 30.3 Å². The molecule has 0 saturated carbocycles. The van der Waals surface area contributed by atoms with Gasteiger partial charge in [-0.25, -0.2) is 4.39 Å². The van der Waals surface area contributed by atoms with Crippen LogP contribution in [-0.2, 0) is 6.42 Å². The highest BCUT2D eigenvalue weighted by atomic mass is 19.1. The van der Waals surface area contributed by atoms with E-state index in [1.54, 1.807) is 0 Å². The monoisotopic (exact) mass is 194 g/mol. The predicted octanol–water partition coefficient (Wildman–Crippen LogP) is 2.85. The summed E-state index contributed by atoms with van der Waals surface area (Å²) in [6.45, 7) is 3.12. The van der Waals surface area contributed by atoms with Crippen molar-refractivity contribution in [3.8, 4) is 0 Å². The van der Waals surface area contributed by atoms with Crippen LogP contribution in [0.2, 0.25) is 0 Å². The fourth-order valence-corrected chi connectivity index (χ4v) is 1.34. The van der Waals surface area contributed by atoms with Gasteiger partial charge in [-0.1, -0.05) is 36.9 Å². The molecule has 0 bridgehead atoms. The maximum atomic E-state index is 12.3. The van der Waals surface area contributed by atoms with Crippen molar-refractivity contribution in [1.29, 1.82) is 0 Å². The lowest BCUT2D eigenvalue weighted by molar-refractivity contribution is 0.158. The Kier molecular flexibility index (Phi) is 4.33. The van der Waals surface area contributed by atoms with Gasteiger partial charge in [-0.05, 0) is 18.4 Å². The molecule has 0 fully saturated rings. The first-order chi connectivity index (χ1) is 6.68. The smallest absolute Gasteiger partial charge is 0.0953 e. The van der Waals surface area contributed by atoms with Crippen molar-refractivity contribution in [3.05, 3.63) is 48.3 Å². The van der Waals surface area contributed by atoms with Crippen molar-refractivity contribution < 1.29 is 9.50 Å². The third-order valence-electron chi connectivity index (χ3n) is 2.07. The molecule has 0 saturated heterocycles. The van der Waals surface area contributed by atoms with Crippen LogP contribution < -0.4 is 0 Å². The number of aliphatic hydroxyl groups excluding tert-OH is 1. The molecule has 76 valence electrons. The minimum absolute atomic E-state index is 0.0484. The van der Waals surface area contributed by atoms with Gasteiger partial charge in [0.05, 0.1) is 11.9 Å². The van der Waals surface area contributed by atoms with E-state index in [0.717, 1.165) is 12.0 Å². The minimum Gasteiger partial charge on any atom is -0.393 e. The van der Waals surface area contributed by atoms with Crippen LogP contribution in [0.25, 0.3) is 0 Å². The van der Waals surface area contributed by atoms with Crippen molar-refractivity contribution in [2.45, 2.75) is 25.4 Å².